The third-order valence-electron chi connectivity index (χ3n) is 3.71. The minimum absolute atomic E-state index is 0.895. The second kappa shape index (κ2) is 4.65. The maximum absolute atomic E-state index is 6.10. The number of halogens is 1. The van der Waals surface area contributed by atoms with Gasteiger partial charge in [-0.2, -0.15) is 0 Å². The Labute approximate surface area is 116 Å². The highest BCUT2D eigenvalue weighted by Gasteiger charge is 2.31. The SMILES string of the molecule is Nc1cc(I)ccc1N1CCN(C2CC2)CC1. The quantitative estimate of drug-likeness (QED) is 0.660. The second-order valence-electron chi connectivity index (χ2n) is 4.96. The molecule has 0 radical (unpaired) electrons. The van der Waals surface area contributed by atoms with Gasteiger partial charge in [-0.3, -0.25) is 4.90 Å². The Bertz CT molecular complexity index is 409. The Morgan fingerprint density at radius 1 is 1.12 bits per heavy atom. The van der Waals surface area contributed by atoms with Crippen LogP contribution >= 0.6 is 22.6 Å². The van der Waals surface area contributed by atoms with Crippen LogP contribution in [0.25, 0.3) is 0 Å². The third-order valence-corrected chi connectivity index (χ3v) is 4.38. The standard InChI is InChI=1S/C13H18IN3/c14-10-1-4-13(12(15)9-10)17-7-5-16(6-8-17)11-2-3-11/h1,4,9,11H,2-3,5-8,15H2. The Balaban J connectivity index is 1.68. The van der Waals surface area contributed by atoms with Crippen LogP contribution in [0.4, 0.5) is 11.4 Å². The molecule has 3 rings (SSSR count). The van der Waals surface area contributed by atoms with Gasteiger partial charge < -0.3 is 10.6 Å². The molecule has 2 fully saturated rings. The Morgan fingerprint density at radius 3 is 2.41 bits per heavy atom. The second-order valence-corrected chi connectivity index (χ2v) is 6.20. The third kappa shape index (κ3) is 2.52. The number of benzene rings is 1. The van der Waals surface area contributed by atoms with Crippen molar-refractivity contribution in [3.05, 3.63) is 21.8 Å². The maximum atomic E-state index is 6.10. The molecule has 92 valence electrons. The zero-order valence-electron chi connectivity index (χ0n) is 9.90. The summed E-state index contributed by atoms with van der Waals surface area (Å²) in [6, 6.07) is 7.25. The number of nitrogens with zero attached hydrogens (tertiary/aromatic N) is 2. The van der Waals surface area contributed by atoms with Gasteiger partial charge in [-0.05, 0) is 53.6 Å². The van der Waals surface area contributed by atoms with Crippen LogP contribution in [-0.4, -0.2) is 37.1 Å². The summed E-state index contributed by atoms with van der Waals surface area (Å²) in [6.07, 6.45) is 2.82. The van der Waals surface area contributed by atoms with E-state index in [-0.39, 0.29) is 0 Å². The van der Waals surface area contributed by atoms with Crippen molar-refractivity contribution in [2.24, 2.45) is 0 Å². The molecule has 0 aromatic heterocycles. The molecule has 17 heavy (non-hydrogen) atoms. The van der Waals surface area contributed by atoms with Crippen molar-refractivity contribution < 1.29 is 0 Å². The predicted molar refractivity (Wildman–Crippen MR) is 80.4 cm³/mol. The monoisotopic (exact) mass is 343 g/mol. The van der Waals surface area contributed by atoms with E-state index in [1.165, 1.54) is 35.2 Å². The van der Waals surface area contributed by atoms with E-state index < -0.39 is 0 Å². The number of nitrogens with two attached hydrogens (primary N) is 1. The largest absolute Gasteiger partial charge is 0.397 e. The number of anilines is 2. The van der Waals surface area contributed by atoms with Gasteiger partial charge >= 0.3 is 0 Å². The van der Waals surface area contributed by atoms with E-state index in [0.717, 1.165) is 24.8 Å². The minimum Gasteiger partial charge on any atom is -0.397 e. The number of hydrogen-bond acceptors (Lipinski definition) is 3. The zero-order valence-corrected chi connectivity index (χ0v) is 12.1. The topological polar surface area (TPSA) is 32.5 Å². The van der Waals surface area contributed by atoms with Gasteiger partial charge in [0.05, 0.1) is 11.4 Å². The fraction of sp³-hybridized carbons (Fsp3) is 0.538. The first kappa shape index (κ1) is 11.6. The first-order chi connectivity index (χ1) is 8.24. The summed E-state index contributed by atoms with van der Waals surface area (Å²) in [5.74, 6) is 0. The number of rotatable bonds is 2. The molecule has 0 bridgehead atoms. The fourth-order valence-corrected chi connectivity index (χ4v) is 3.10. The van der Waals surface area contributed by atoms with E-state index >= 15 is 0 Å². The van der Waals surface area contributed by atoms with E-state index in [1.807, 2.05) is 0 Å². The highest BCUT2D eigenvalue weighted by molar-refractivity contribution is 14.1. The first-order valence-electron chi connectivity index (χ1n) is 6.28. The van der Waals surface area contributed by atoms with Gasteiger partial charge in [0.1, 0.15) is 0 Å². The summed E-state index contributed by atoms with van der Waals surface area (Å²) < 4.78 is 1.21. The summed E-state index contributed by atoms with van der Waals surface area (Å²) in [4.78, 5) is 5.05. The summed E-state index contributed by atoms with van der Waals surface area (Å²) >= 11 is 2.31. The number of hydrogen-bond donors (Lipinski definition) is 1. The summed E-state index contributed by atoms with van der Waals surface area (Å²) in [6.45, 7) is 4.61. The van der Waals surface area contributed by atoms with Crippen molar-refractivity contribution in [2.45, 2.75) is 18.9 Å². The molecule has 1 aliphatic heterocycles. The number of nitrogen functional groups attached to an aromatic ring is 1. The van der Waals surface area contributed by atoms with Crippen LogP contribution in [0.1, 0.15) is 12.8 Å². The molecule has 0 amide bonds. The fourth-order valence-electron chi connectivity index (χ4n) is 2.58. The van der Waals surface area contributed by atoms with Gasteiger partial charge in [0, 0.05) is 35.8 Å². The van der Waals surface area contributed by atoms with Crippen LogP contribution < -0.4 is 10.6 Å². The molecule has 1 aromatic rings. The lowest BCUT2D eigenvalue weighted by Crippen LogP contribution is -2.47. The van der Waals surface area contributed by atoms with Crippen LogP contribution in [0.15, 0.2) is 18.2 Å². The van der Waals surface area contributed by atoms with E-state index in [9.17, 15) is 0 Å². The molecular formula is C13H18IN3. The minimum atomic E-state index is 0.895. The van der Waals surface area contributed by atoms with E-state index in [0.29, 0.717) is 0 Å². The first-order valence-corrected chi connectivity index (χ1v) is 7.36. The van der Waals surface area contributed by atoms with Crippen LogP contribution in [-0.2, 0) is 0 Å². The van der Waals surface area contributed by atoms with Crippen molar-refractivity contribution in [2.75, 3.05) is 36.8 Å². The highest BCUT2D eigenvalue weighted by atomic mass is 127. The maximum Gasteiger partial charge on any atom is 0.0601 e. The number of piperazine rings is 1. The van der Waals surface area contributed by atoms with Crippen LogP contribution in [0, 0.1) is 3.57 Å². The van der Waals surface area contributed by atoms with E-state index in [1.54, 1.807) is 0 Å². The van der Waals surface area contributed by atoms with Crippen molar-refractivity contribution in [3.63, 3.8) is 0 Å². The normalized spacial score (nSPS) is 21.8. The average Bonchev–Trinajstić information content (AvgIpc) is 3.13. The van der Waals surface area contributed by atoms with Gasteiger partial charge in [-0.15, -0.1) is 0 Å². The summed E-state index contributed by atoms with van der Waals surface area (Å²) in [7, 11) is 0. The Morgan fingerprint density at radius 2 is 1.82 bits per heavy atom. The average molecular weight is 343 g/mol. The molecule has 1 saturated heterocycles. The molecule has 1 heterocycles. The highest BCUT2D eigenvalue weighted by Crippen LogP contribution is 2.30. The summed E-state index contributed by atoms with van der Waals surface area (Å²) in [5, 5.41) is 0. The van der Waals surface area contributed by atoms with Crippen molar-refractivity contribution in [1.29, 1.82) is 0 Å². The van der Waals surface area contributed by atoms with Crippen molar-refractivity contribution >= 4 is 34.0 Å². The molecule has 0 atom stereocenters. The molecular weight excluding hydrogens is 325 g/mol. The molecule has 1 aliphatic carbocycles. The van der Waals surface area contributed by atoms with Gasteiger partial charge in [-0.25, -0.2) is 0 Å². The molecule has 1 aromatic carbocycles. The molecule has 0 spiro atoms. The molecule has 4 heteroatoms. The lowest BCUT2D eigenvalue weighted by atomic mass is 10.2. The lowest BCUT2D eigenvalue weighted by molar-refractivity contribution is 0.248. The zero-order chi connectivity index (χ0) is 11.8. The van der Waals surface area contributed by atoms with Crippen LogP contribution in [0.5, 0.6) is 0 Å². The van der Waals surface area contributed by atoms with Gasteiger partial charge in [0.15, 0.2) is 0 Å². The van der Waals surface area contributed by atoms with Crippen molar-refractivity contribution in [1.82, 2.24) is 4.90 Å². The van der Waals surface area contributed by atoms with Gasteiger partial charge in [0.2, 0.25) is 0 Å². The summed E-state index contributed by atoms with van der Waals surface area (Å²) in [5.41, 5.74) is 8.22. The van der Waals surface area contributed by atoms with Crippen LogP contribution in [0.2, 0.25) is 0 Å². The molecule has 1 saturated carbocycles. The van der Waals surface area contributed by atoms with Crippen LogP contribution in [0.3, 0.4) is 0 Å². The Kier molecular flexibility index (Phi) is 3.17. The van der Waals surface area contributed by atoms with Gasteiger partial charge in [-0.1, -0.05) is 0 Å². The predicted octanol–water partition coefficient (Wildman–Crippen LogP) is 2.16. The van der Waals surface area contributed by atoms with E-state index in [2.05, 4.69) is 50.6 Å². The smallest absolute Gasteiger partial charge is 0.0601 e. The lowest BCUT2D eigenvalue weighted by Gasteiger charge is -2.36. The Hall–Kier alpha value is -0.490. The van der Waals surface area contributed by atoms with Crippen molar-refractivity contribution in [3.8, 4) is 0 Å². The molecule has 2 N–H and O–H groups in total. The molecule has 3 nitrogen and oxygen atoms in total. The molecule has 0 unspecified atom stereocenters. The molecule has 2 aliphatic rings. The van der Waals surface area contributed by atoms with E-state index in [4.69, 9.17) is 5.73 Å². The van der Waals surface area contributed by atoms with Gasteiger partial charge in [0.25, 0.3) is 0 Å².